The highest BCUT2D eigenvalue weighted by Gasteiger charge is 2.24. The smallest absolute Gasteiger partial charge is 0.269 e. The molecule has 3 aromatic heterocycles. The average molecular weight is 641 g/mol. The van der Waals surface area contributed by atoms with Gasteiger partial charge in [0, 0.05) is 29.7 Å². The number of nitrogen functional groups attached to an aromatic ring is 1. The van der Waals surface area contributed by atoms with Gasteiger partial charge in [0.1, 0.15) is 33.6 Å². The zero-order valence-electron chi connectivity index (χ0n) is 24.2. The fraction of sp³-hybridized carbons (Fsp3) is 0.0938. The number of para-hydroxylation sites is 2. The summed E-state index contributed by atoms with van der Waals surface area (Å²) in [5.74, 6) is -1.02. The molecule has 0 aliphatic carbocycles. The molecule has 4 N–H and O–H groups in total. The van der Waals surface area contributed by atoms with Gasteiger partial charge in [-0.25, -0.2) is 27.2 Å². The van der Waals surface area contributed by atoms with E-state index in [1.807, 2.05) is 6.92 Å². The molecule has 6 aromatic rings. The lowest BCUT2D eigenvalue weighted by Gasteiger charge is -2.23. The van der Waals surface area contributed by atoms with Crippen LogP contribution < -0.4 is 21.3 Å². The molecule has 6 rings (SSSR count). The van der Waals surface area contributed by atoms with Gasteiger partial charge >= 0.3 is 0 Å². The Kier molecular flexibility index (Phi) is 8.11. The molecule has 0 amide bonds. The summed E-state index contributed by atoms with van der Waals surface area (Å²) in [4.78, 5) is 30.8. The maximum atomic E-state index is 14.9. The summed E-state index contributed by atoms with van der Waals surface area (Å²) >= 11 is 0. The maximum Gasteiger partial charge on any atom is 0.269 e. The summed E-state index contributed by atoms with van der Waals surface area (Å²) in [5, 5.41) is 3.14. The fourth-order valence-corrected chi connectivity index (χ4v) is 6.01. The summed E-state index contributed by atoms with van der Waals surface area (Å²) in [7, 11) is -4.24. The van der Waals surface area contributed by atoms with Crippen molar-refractivity contribution in [3.05, 3.63) is 125 Å². The molecule has 1 atom stereocenters. The topological polar surface area (TPSA) is 158 Å². The van der Waals surface area contributed by atoms with Gasteiger partial charge in [-0.1, -0.05) is 43.3 Å². The van der Waals surface area contributed by atoms with Crippen LogP contribution in [0.25, 0.3) is 27.7 Å². The molecular formula is C32H26F2N8O3S. The fourth-order valence-electron chi connectivity index (χ4n) is 4.96. The van der Waals surface area contributed by atoms with E-state index in [1.165, 1.54) is 53.4 Å². The molecule has 0 saturated carbocycles. The van der Waals surface area contributed by atoms with Crippen molar-refractivity contribution in [1.82, 2.24) is 24.5 Å². The van der Waals surface area contributed by atoms with Crippen LogP contribution in [0.4, 0.5) is 26.2 Å². The van der Waals surface area contributed by atoms with Gasteiger partial charge in [0.15, 0.2) is 0 Å². The second kappa shape index (κ2) is 12.3. The number of sulfonamides is 1. The average Bonchev–Trinajstić information content (AvgIpc) is 3.05. The van der Waals surface area contributed by atoms with Crippen LogP contribution in [-0.2, 0) is 10.0 Å². The molecule has 46 heavy (non-hydrogen) atoms. The number of hydrogen-bond donors (Lipinski definition) is 3. The van der Waals surface area contributed by atoms with Crippen LogP contribution in [0.3, 0.4) is 0 Å². The minimum Gasteiger partial charge on any atom is -0.368 e. The zero-order chi connectivity index (χ0) is 32.4. The van der Waals surface area contributed by atoms with E-state index in [4.69, 9.17) is 10.7 Å². The lowest BCUT2D eigenvalue weighted by atomic mass is 10.1. The van der Waals surface area contributed by atoms with Crippen LogP contribution in [0.1, 0.15) is 25.2 Å². The van der Waals surface area contributed by atoms with Gasteiger partial charge in [-0.15, -0.1) is 0 Å². The van der Waals surface area contributed by atoms with Gasteiger partial charge in [0.05, 0.1) is 22.9 Å². The molecule has 0 aliphatic heterocycles. The predicted octanol–water partition coefficient (Wildman–Crippen LogP) is 5.46. The van der Waals surface area contributed by atoms with Crippen LogP contribution in [-0.4, -0.2) is 32.9 Å². The number of halogens is 2. The van der Waals surface area contributed by atoms with Gasteiger partial charge < -0.3 is 11.1 Å². The first kappa shape index (κ1) is 30.3. The summed E-state index contributed by atoms with van der Waals surface area (Å²) in [6.07, 6.45) is 4.34. The van der Waals surface area contributed by atoms with Crippen molar-refractivity contribution in [2.75, 3.05) is 15.8 Å². The van der Waals surface area contributed by atoms with Crippen LogP contribution in [0, 0.1) is 11.6 Å². The lowest BCUT2D eigenvalue weighted by molar-refractivity contribution is 0.598. The molecule has 232 valence electrons. The van der Waals surface area contributed by atoms with Gasteiger partial charge in [-0.05, 0) is 48.9 Å². The van der Waals surface area contributed by atoms with E-state index in [9.17, 15) is 22.0 Å². The van der Waals surface area contributed by atoms with Crippen LogP contribution in [0.2, 0.25) is 0 Å². The second-order valence-electron chi connectivity index (χ2n) is 10.2. The second-order valence-corrected chi connectivity index (χ2v) is 11.9. The molecule has 0 aliphatic rings. The zero-order valence-corrected chi connectivity index (χ0v) is 25.0. The van der Waals surface area contributed by atoms with E-state index in [2.05, 4.69) is 25.0 Å². The number of fused-ring (bicyclic) bond motifs is 1. The van der Waals surface area contributed by atoms with Gasteiger partial charge in [-0.3, -0.25) is 19.1 Å². The van der Waals surface area contributed by atoms with Crippen molar-refractivity contribution in [1.29, 1.82) is 0 Å². The number of nitrogens with zero attached hydrogens (tertiary/aromatic N) is 5. The van der Waals surface area contributed by atoms with Crippen LogP contribution in [0.15, 0.2) is 107 Å². The molecule has 0 bridgehead atoms. The van der Waals surface area contributed by atoms with Gasteiger partial charge in [0.25, 0.3) is 15.6 Å². The highest BCUT2D eigenvalue weighted by molar-refractivity contribution is 7.92. The Morgan fingerprint density at radius 3 is 2.41 bits per heavy atom. The number of benzene rings is 3. The Morgan fingerprint density at radius 2 is 1.65 bits per heavy atom. The molecule has 0 radical (unpaired) electrons. The molecular weight excluding hydrogens is 614 g/mol. The molecule has 1 unspecified atom stereocenters. The third kappa shape index (κ3) is 5.85. The number of anilines is 3. The number of nitrogens with two attached hydrogens (primary N) is 1. The van der Waals surface area contributed by atoms with Crippen molar-refractivity contribution >= 4 is 38.4 Å². The van der Waals surface area contributed by atoms with E-state index < -0.39 is 33.3 Å². The summed E-state index contributed by atoms with van der Waals surface area (Å²) in [6, 6.07) is 19.0. The third-order valence-corrected chi connectivity index (χ3v) is 8.51. The Bertz CT molecular complexity index is 2250. The van der Waals surface area contributed by atoms with Crippen molar-refractivity contribution in [3.63, 3.8) is 0 Å². The Labute approximate surface area is 261 Å². The third-order valence-electron chi connectivity index (χ3n) is 7.18. The molecule has 3 aromatic carbocycles. The van der Waals surface area contributed by atoms with Crippen molar-refractivity contribution in [2.45, 2.75) is 24.3 Å². The highest BCUT2D eigenvalue weighted by Crippen LogP contribution is 2.32. The van der Waals surface area contributed by atoms with Gasteiger partial charge in [0.2, 0.25) is 5.95 Å². The predicted molar refractivity (Wildman–Crippen MR) is 171 cm³/mol. The largest absolute Gasteiger partial charge is 0.368 e. The number of aromatic nitrogens is 5. The van der Waals surface area contributed by atoms with E-state index in [0.717, 1.165) is 12.3 Å². The van der Waals surface area contributed by atoms with Crippen LogP contribution >= 0.6 is 0 Å². The van der Waals surface area contributed by atoms with Crippen molar-refractivity contribution in [2.24, 2.45) is 0 Å². The first-order valence-electron chi connectivity index (χ1n) is 14.0. The molecule has 0 fully saturated rings. The Morgan fingerprint density at radius 1 is 0.913 bits per heavy atom. The minimum absolute atomic E-state index is 0.0759. The number of hydrogen-bond acceptors (Lipinski definition) is 9. The number of pyridine rings is 1. The summed E-state index contributed by atoms with van der Waals surface area (Å²) < 4.78 is 59.0. The molecule has 11 nitrogen and oxygen atoms in total. The number of rotatable bonds is 9. The van der Waals surface area contributed by atoms with Crippen molar-refractivity contribution in [3.8, 4) is 16.8 Å². The first-order chi connectivity index (χ1) is 22.2. The minimum atomic E-state index is -4.24. The lowest BCUT2D eigenvalue weighted by Crippen LogP contribution is -2.29. The number of nitrogens with one attached hydrogen (secondary N) is 2. The molecule has 0 saturated heterocycles. The maximum absolute atomic E-state index is 14.9. The van der Waals surface area contributed by atoms with Gasteiger partial charge in [-0.2, -0.15) is 4.98 Å². The summed E-state index contributed by atoms with van der Waals surface area (Å²) in [6.45, 7) is 1.86. The summed E-state index contributed by atoms with van der Waals surface area (Å²) in [5.41, 5.74) is 6.46. The van der Waals surface area contributed by atoms with E-state index in [-0.39, 0.29) is 39.1 Å². The molecule has 0 spiro atoms. The highest BCUT2D eigenvalue weighted by atomic mass is 32.2. The first-order valence-corrected chi connectivity index (χ1v) is 15.5. The van der Waals surface area contributed by atoms with Crippen molar-refractivity contribution < 1.29 is 17.2 Å². The standard InChI is InChI=1S/C32H26F2N8O3S/c1-2-25(30-39-27-14-8-12-24(34)28(27)31(43)42(30)20-9-4-3-5-10-20)38-29-22(18-37-32(35)40-29)19-15-21(17-36-16-19)46(44,45)41-26-13-7-6-11-23(26)33/h3-18,25,41H,2H2,1H3,(H3,35,37,38,40). The Hall–Kier alpha value is -5.76. The van der Waals surface area contributed by atoms with Crippen LogP contribution in [0.5, 0.6) is 0 Å². The SMILES string of the molecule is CCC(Nc1nc(N)ncc1-c1cncc(S(=O)(=O)Nc2ccccc2F)c1)c1nc2cccc(F)c2c(=O)n1-c1ccccc1. The van der Waals surface area contributed by atoms with E-state index in [1.54, 1.807) is 36.4 Å². The monoisotopic (exact) mass is 640 g/mol. The normalized spacial score (nSPS) is 12.2. The molecule has 14 heteroatoms. The molecule has 3 heterocycles. The van der Waals surface area contributed by atoms with E-state index >= 15 is 0 Å². The van der Waals surface area contributed by atoms with E-state index in [0.29, 0.717) is 23.2 Å². The Balaban J connectivity index is 1.44. The quantitative estimate of drug-likeness (QED) is 0.187.